The average Bonchev–Trinajstić information content (AvgIpc) is 2.67. The monoisotopic (exact) mass is 430 g/mol. The first-order valence-corrected chi connectivity index (χ1v) is 9.94. The van der Waals surface area contributed by atoms with Crippen molar-refractivity contribution in [2.75, 3.05) is 26.2 Å². The highest BCUT2D eigenvalue weighted by Crippen LogP contribution is 2.25. The molecule has 1 saturated heterocycles. The van der Waals surface area contributed by atoms with Crippen molar-refractivity contribution >= 4 is 15.9 Å². The van der Waals surface area contributed by atoms with E-state index in [1.807, 2.05) is 0 Å². The van der Waals surface area contributed by atoms with Gasteiger partial charge in [0, 0.05) is 32.4 Å². The molecule has 29 heavy (non-hydrogen) atoms. The average molecular weight is 430 g/mol. The Balaban J connectivity index is 1.65. The van der Waals surface area contributed by atoms with Gasteiger partial charge < -0.3 is 9.64 Å². The van der Waals surface area contributed by atoms with Gasteiger partial charge in [0.2, 0.25) is 10.0 Å². The fourth-order valence-electron chi connectivity index (χ4n) is 2.76. The summed E-state index contributed by atoms with van der Waals surface area (Å²) in [6.07, 6.45) is -2.02. The molecule has 0 atom stereocenters. The molecule has 8 nitrogen and oxygen atoms in total. The van der Waals surface area contributed by atoms with Crippen LogP contribution in [0.5, 0.6) is 5.75 Å². The first-order valence-electron chi connectivity index (χ1n) is 8.50. The fraction of sp³-hybridized carbons (Fsp3) is 0.353. The zero-order valence-corrected chi connectivity index (χ0v) is 16.1. The number of nitrogens with zero attached hydrogens (tertiary/aromatic N) is 4. The maximum absolute atomic E-state index is 12.7. The summed E-state index contributed by atoms with van der Waals surface area (Å²) in [7, 11) is -3.91. The molecule has 1 aliphatic heterocycles. The van der Waals surface area contributed by atoms with Gasteiger partial charge in [-0.15, -0.1) is 13.2 Å². The largest absolute Gasteiger partial charge is 0.573 e. The molecule has 1 aromatic carbocycles. The minimum atomic E-state index is -4.86. The summed E-state index contributed by atoms with van der Waals surface area (Å²) in [5.41, 5.74) is 0.844. The SMILES string of the molecule is Cc1cnc(C(=O)N2CCN(S(=O)(=O)c3ccc(OC(F)(F)F)cc3)CC2)cn1. The van der Waals surface area contributed by atoms with Gasteiger partial charge >= 0.3 is 6.36 Å². The van der Waals surface area contributed by atoms with E-state index in [1.165, 1.54) is 21.6 Å². The minimum absolute atomic E-state index is 0.0498. The van der Waals surface area contributed by atoms with Crippen molar-refractivity contribution in [2.45, 2.75) is 18.2 Å². The van der Waals surface area contributed by atoms with E-state index in [9.17, 15) is 26.4 Å². The molecule has 0 aliphatic carbocycles. The third-order valence-corrected chi connectivity index (χ3v) is 6.13. The van der Waals surface area contributed by atoms with Gasteiger partial charge in [0.25, 0.3) is 5.91 Å². The Labute approximate surface area is 165 Å². The number of benzene rings is 1. The fourth-order valence-corrected chi connectivity index (χ4v) is 4.18. The van der Waals surface area contributed by atoms with Crippen LogP contribution in [-0.4, -0.2) is 66.0 Å². The van der Waals surface area contributed by atoms with Crippen LogP contribution in [0.2, 0.25) is 0 Å². The molecule has 0 spiro atoms. The third kappa shape index (κ3) is 5.01. The summed E-state index contributed by atoms with van der Waals surface area (Å²) in [5, 5.41) is 0. The zero-order chi connectivity index (χ0) is 21.2. The number of ether oxygens (including phenoxy) is 1. The number of rotatable bonds is 4. The van der Waals surface area contributed by atoms with Crippen LogP contribution < -0.4 is 4.74 Å². The molecule has 1 fully saturated rings. The lowest BCUT2D eigenvalue weighted by Crippen LogP contribution is -2.50. The minimum Gasteiger partial charge on any atom is -0.406 e. The van der Waals surface area contributed by atoms with Crippen molar-refractivity contribution in [3.63, 3.8) is 0 Å². The number of sulfonamides is 1. The van der Waals surface area contributed by atoms with Crippen LogP contribution in [0.3, 0.4) is 0 Å². The summed E-state index contributed by atoms with van der Waals surface area (Å²) in [6, 6.07) is 3.98. The van der Waals surface area contributed by atoms with Crippen LogP contribution in [-0.2, 0) is 10.0 Å². The van der Waals surface area contributed by atoms with Gasteiger partial charge in [0.15, 0.2) is 0 Å². The Morgan fingerprint density at radius 2 is 1.66 bits per heavy atom. The summed E-state index contributed by atoms with van der Waals surface area (Å²) >= 11 is 0. The number of halogens is 3. The van der Waals surface area contributed by atoms with E-state index in [-0.39, 0.29) is 42.7 Å². The molecule has 0 bridgehead atoms. The van der Waals surface area contributed by atoms with Crippen molar-refractivity contribution in [3.05, 3.63) is 48.0 Å². The predicted octanol–water partition coefficient (Wildman–Crippen LogP) is 1.83. The highest BCUT2D eigenvalue weighted by Gasteiger charge is 2.33. The number of carbonyl (C=O) groups excluding carboxylic acids is 1. The van der Waals surface area contributed by atoms with Crippen LogP contribution in [0.25, 0.3) is 0 Å². The first kappa shape index (κ1) is 21.0. The van der Waals surface area contributed by atoms with Gasteiger partial charge in [0.05, 0.1) is 16.8 Å². The number of aromatic nitrogens is 2. The molecular formula is C17H17F3N4O4S. The van der Waals surface area contributed by atoms with Gasteiger partial charge in [-0.3, -0.25) is 9.78 Å². The molecule has 156 valence electrons. The van der Waals surface area contributed by atoms with Gasteiger partial charge in [-0.2, -0.15) is 4.31 Å². The molecule has 1 aromatic heterocycles. The van der Waals surface area contributed by atoms with Gasteiger partial charge in [-0.05, 0) is 31.2 Å². The Morgan fingerprint density at radius 3 is 2.17 bits per heavy atom. The van der Waals surface area contributed by atoms with Crippen LogP contribution in [0, 0.1) is 6.92 Å². The first-order chi connectivity index (χ1) is 13.6. The molecule has 2 aromatic rings. The number of hydrogen-bond acceptors (Lipinski definition) is 6. The smallest absolute Gasteiger partial charge is 0.406 e. The van der Waals surface area contributed by atoms with E-state index >= 15 is 0 Å². The molecule has 0 unspecified atom stereocenters. The molecule has 0 radical (unpaired) electrons. The van der Waals surface area contributed by atoms with E-state index in [2.05, 4.69) is 14.7 Å². The maximum Gasteiger partial charge on any atom is 0.573 e. The second-order valence-electron chi connectivity index (χ2n) is 6.26. The quantitative estimate of drug-likeness (QED) is 0.735. The molecule has 3 rings (SSSR count). The molecule has 2 heterocycles. The van der Waals surface area contributed by atoms with E-state index < -0.39 is 22.1 Å². The second kappa shape index (κ2) is 7.95. The number of carbonyl (C=O) groups is 1. The Kier molecular flexibility index (Phi) is 5.75. The maximum atomic E-state index is 12.7. The zero-order valence-electron chi connectivity index (χ0n) is 15.3. The number of piperazine rings is 1. The second-order valence-corrected chi connectivity index (χ2v) is 8.20. The van der Waals surface area contributed by atoms with Crippen molar-refractivity contribution in [1.29, 1.82) is 0 Å². The van der Waals surface area contributed by atoms with Crippen molar-refractivity contribution in [3.8, 4) is 5.75 Å². The lowest BCUT2D eigenvalue weighted by molar-refractivity contribution is -0.274. The molecular weight excluding hydrogens is 413 g/mol. The molecule has 0 N–H and O–H groups in total. The third-order valence-electron chi connectivity index (χ3n) is 4.22. The van der Waals surface area contributed by atoms with E-state index in [1.54, 1.807) is 6.92 Å². The normalized spacial score (nSPS) is 15.9. The van der Waals surface area contributed by atoms with E-state index in [0.29, 0.717) is 5.69 Å². The Bertz CT molecular complexity index is 971. The van der Waals surface area contributed by atoms with Crippen LogP contribution in [0.15, 0.2) is 41.6 Å². The lowest BCUT2D eigenvalue weighted by Gasteiger charge is -2.33. The Morgan fingerprint density at radius 1 is 1.03 bits per heavy atom. The predicted molar refractivity (Wildman–Crippen MR) is 94.6 cm³/mol. The number of amides is 1. The van der Waals surface area contributed by atoms with Gasteiger partial charge in [-0.25, -0.2) is 13.4 Å². The van der Waals surface area contributed by atoms with Gasteiger partial charge in [-0.1, -0.05) is 0 Å². The molecule has 1 aliphatic rings. The highest BCUT2D eigenvalue weighted by molar-refractivity contribution is 7.89. The lowest BCUT2D eigenvalue weighted by atomic mass is 10.3. The van der Waals surface area contributed by atoms with E-state index in [0.717, 1.165) is 24.3 Å². The van der Waals surface area contributed by atoms with Crippen LogP contribution >= 0.6 is 0 Å². The number of hydrogen-bond donors (Lipinski definition) is 0. The van der Waals surface area contributed by atoms with Crippen LogP contribution in [0.4, 0.5) is 13.2 Å². The van der Waals surface area contributed by atoms with Crippen LogP contribution in [0.1, 0.15) is 16.2 Å². The summed E-state index contributed by atoms with van der Waals surface area (Å²) in [4.78, 5) is 21.8. The molecule has 1 amide bonds. The standard InChI is InChI=1S/C17H17F3N4O4S/c1-12-10-22-15(11-21-12)16(25)23-6-8-24(9-7-23)29(26,27)14-4-2-13(3-5-14)28-17(18,19)20/h2-5,10-11H,6-9H2,1H3. The number of alkyl halides is 3. The molecule has 0 saturated carbocycles. The summed E-state index contributed by atoms with van der Waals surface area (Å²) < 4.78 is 67.0. The molecule has 12 heteroatoms. The van der Waals surface area contributed by atoms with E-state index in [4.69, 9.17) is 0 Å². The van der Waals surface area contributed by atoms with Gasteiger partial charge in [0.1, 0.15) is 11.4 Å². The van der Waals surface area contributed by atoms with Crippen molar-refractivity contribution < 1.29 is 31.1 Å². The highest BCUT2D eigenvalue weighted by atomic mass is 32.2. The summed E-state index contributed by atoms with van der Waals surface area (Å²) in [5.74, 6) is -0.853. The van der Waals surface area contributed by atoms with Crippen molar-refractivity contribution in [1.82, 2.24) is 19.2 Å². The topological polar surface area (TPSA) is 92.7 Å². The Hall–Kier alpha value is -2.73. The number of aryl methyl sites for hydroxylation is 1. The summed E-state index contributed by atoms with van der Waals surface area (Å²) in [6.45, 7) is 2.15. The van der Waals surface area contributed by atoms with Crippen molar-refractivity contribution in [2.24, 2.45) is 0 Å².